The summed E-state index contributed by atoms with van der Waals surface area (Å²) in [5.74, 6) is 1.81. The summed E-state index contributed by atoms with van der Waals surface area (Å²) in [4.78, 5) is 2.64. The highest BCUT2D eigenvalue weighted by molar-refractivity contribution is 4.86. The van der Waals surface area contributed by atoms with Gasteiger partial charge in [0.15, 0.2) is 0 Å². The van der Waals surface area contributed by atoms with Crippen molar-refractivity contribution in [3.8, 4) is 0 Å². The van der Waals surface area contributed by atoms with Gasteiger partial charge in [0.25, 0.3) is 0 Å². The molecule has 1 aliphatic heterocycles. The number of nitrogens with zero attached hydrogens (tertiary/aromatic N) is 1. The molecule has 3 unspecified atom stereocenters. The molecule has 3 atom stereocenters. The van der Waals surface area contributed by atoms with Crippen LogP contribution in [0.25, 0.3) is 0 Å². The molecule has 112 valence electrons. The third-order valence-corrected chi connectivity index (χ3v) is 4.94. The van der Waals surface area contributed by atoms with Gasteiger partial charge in [0.1, 0.15) is 0 Å². The Hall–Kier alpha value is -0.120. The SMILES string of the molecule is CCNC1CCC(CC)CC1CN1CCCOCC1. The van der Waals surface area contributed by atoms with Gasteiger partial charge in [0.05, 0.1) is 6.61 Å². The van der Waals surface area contributed by atoms with Crippen LogP contribution in [0, 0.1) is 11.8 Å². The monoisotopic (exact) mass is 268 g/mol. The van der Waals surface area contributed by atoms with Crippen molar-refractivity contribution in [1.29, 1.82) is 0 Å². The summed E-state index contributed by atoms with van der Waals surface area (Å²) in [6.07, 6.45) is 6.79. The zero-order valence-corrected chi connectivity index (χ0v) is 12.9. The Morgan fingerprint density at radius 3 is 2.84 bits per heavy atom. The lowest BCUT2D eigenvalue weighted by molar-refractivity contribution is 0.120. The molecule has 3 heteroatoms. The second kappa shape index (κ2) is 8.23. The van der Waals surface area contributed by atoms with Gasteiger partial charge in [-0.3, -0.25) is 0 Å². The van der Waals surface area contributed by atoms with Crippen LogP contribution in [0.15, 0.2) is 0 Å². The maximum atomic E-state index is 5.57. The number of rotatable bonds is 5. The van der Waals surface area contributed by atoms with E-state index in [1.165, 1.54) is 45.2 Å². The smallest absolute Gasteiger partial charge is 0.0593 e. The highest BCUT2D eigenvalue weighted by Gasteiger charge is 2.30. The van der Waals surface area contributed by atoms with Gasteiger partial charge >= 0.3 is 0 Å². The molecule has 2 aliphatic rings. The van der Waals surface area contributed by atoms with Crippen molar-refractivity contribution in [3.05, 3.63) is 0 Å². The first kappa shape index (κ1) is 15.3. The fourth-order valence-corrected chi connectivity index (χ4v) is 3.78. The average molecular weight is 268 g/mol. The molecule has 0 aromatic heterocycles. The zero-order valence-electron chi connectivity index (χ0n) is 12.9. The normalized spacial score (nSPS) is 34.1. The standard InChI is InChI=1S/C16H32N2O/c1-3-14-6-7-16(17-4-2)15(12-14)13-18-8-5-10-19-11-9-18/h14-17H,3-13H2,1-2H3. The Bertz CT molecular complexity index is 239. The van der Waals surface area contributed by atoms with Crippen molar-refractivity contribution < 1.29 is 4.74 Å². The highest BCUT2D eigenvalue weighted by Crippen LogP contribution is 2.32. The maximum absolute atomic E-state index is 5.57. The van der Waals surface area contributed by atoms with Crippen molar-refractivity contribution >= 4 is 0 Å². The van der Waals surface area contributed by atoms with E-state index in [1.807, 2.05) is 0 Å². The molecule has 3 nitrogen and oxygen atoms in total. The summed E-state index contributed by atoms with van der Waals surface area (Å²) in [7, 11) is 0. The van der Waals surface area contributed by atoms with E-state index in [1.54, 1.807) is 0 Å². The van der Waals surface area contributed by atoms with Gasteiger partial charge in [-0.05, 0) is 44.1 Å². The van der Waals surface area contributed by atoms with Gasteiger partial charge in [-0.1, -0.05) is 20.3 Å². The lowest BCUT2D eigenvalue weighted by atomic mass is 9.76. The maximum Gasteiger partial charge on any atom is 0.0593 e. The third-order valence-electron chi connectivity index (χ3n) is 4.94. The fraction of sp³-hybridized carbons (Fsp3) is 1.00. The van der Waals surface area contributed by atoms with Gasteiger partial charge in [0.2, 0.25) is 0 Å². The first-order valence-corrected chi connectivity index (χ1v) is 8.37. The Kier molecular flexibility index (Phi) is 6.62. The number of nitrogens with one attached hydrogen (secondary N) is 1. The van der Waals surface area contributed by atoms with Gasteiger partial charge in [-0.15, -0.1) is 0 Å². The van der Waals surface area contributed by atoms with Gasteiger partial charge in [-0.2, -0.15) is 0 Å². The molecular weight excluding hydrogens is 236 g/mol. The predicted molar refractivity (Wildman–Crippen MR) is 80.5 cm³/mol. The van der Waals surface area contributed by atoms with E-state index in [0.29, 0.717) is 0 Å². The van der Waals surface area contributed by atoms with Crippen LogP contribution in [0.5, 0.6) is 0 Å². The molecule has 2 fully saturated rings. The summed E-state index contributed by atoms with van der Waals surface area (Å²) in [6.45, 7) is 11.2. The van der Waals surface area contributed by atoms with E-state index < -0.39 is 0 Å². The minimum Gasteiger partial charge on any atom is -0.380 e. The summed E-state index contributed by atoms with van der Waals surface area (Å²) < 4.78 is 5.57. The molecule has 1 saturated carbocycles. The summed E-state index contributed by atoms with van der Waals surface area (Å²) in [5.41, 5.74) is 0. The minimum absolute atomic E-state index is 0.747. The lowest BCUT2D eigenvalue weighted by Gasteiger charge is -2.39. The molecule has 0 radical (unpaired) electrons. The van der Waals surface area contributed by atoms with Crippen LogP contribution in [-0.4, -0.2) is 50.3 Å². The Labute approximate surface area is 119 Å². The Morgan fingerprint density at radius 1 is 1.16 bits per heavy atom. The van der Waals surface area contributed by atoms with Gasteiger partial charge in [0, 0.05) is 32.3 Å². The van der Waals surface area contributed by atoms with Gasteiger partial charge in [-0.25, -0.2) is 0 Å². The first-order valence-electron chi connectivity index (χ1n) is 8.37. The van der Waals surface area contributed by atoms with E-state index >= 15 is 0 Å². The van der Waals surface area contributed by atoms with E-state index in [-0.39, 0.29) is 0 Å². The van der Waals surface area contributed by atoms with Crippen LogP contribution in [-0.2, 0) is 4.74 Å². The Morgan fingerprint density at radius 2 is 2.05 bits per heavy atom. The quantitative estimate of drug-likeness (QED) is 0.829. The molecule has 0 aromatic rings. The largest absolute Gasteiger partial charge is 0.380 e. The first-order chi connectivity index (χ1) is 9.33. The van der Waals surface area contributed by atoms with Crippen molar-refractivity contribution in [2.75, 3.05) is 39.4 Å². The van der Waals surface area contributed by atoms with Crippen molar-refractivity contribution in [3.63, 3.8) is 0 Å². The molecule has 0 aromatic carbocycles. The van der Waals surface area contributed by atoms with Crippen molar-refractivity contribution in [2.24, 2.45) is 11.8 Å². The second-order valence-electron chi connectivity index (χ2n) is 6.28. The third kappa shape index (κ3) is 4.73. The van der Waals surface area contributed by atoms with E-state index in [0.717, 1.165) is 44.2 Å². The Balaban J connectivity index is 1.88. The van der Waals surface area contributed by atoms with E-state index in [2.05, 4.69) is 24.1 Å². The number of hydrogen-bond acceptors (Lipinski definition) is 3. The topological polar surface area (TPSA) is 24.5 Å². The summed E-state index contributed by atoms with van der Waals surface area (Å²) in [5, 5.41) is 3.73. The molecule has 1 aliphatic carbocycles. The molecule has 19 heavy (non-hydrogen) atoms. The number of hydrogen-bond donors (Lipinski definition) is 1. The van der Waals surface area contributed by atoms with Crippen LogP contribution in [0.4, 0.5) is 0 Å². The van der Waals surface area contributed by atoms with E-state index in [9.17, 15) is 0 Å². The van der Waals surface area contributed by atoms with Crippen molar-refractivity contribution in [2.45, 2.75) is 52.0 Å². The summed E-state index contributed by atoms with van der Waals surface area (Å²) >= 11 is 0. The molecule has 0 amide bonds. The van der Waals surface area contributed by atoms with Crippen LogP contribution in [0.3, 0.4) is 0 Å². The van der Waals surface area contributed by atoms with Gasteiger partial charge < -0.3 is 15.0 Å². The predicted octanol–water partition coefficient (Wildman–Crippen LogP) is 2.51. The van der Waals surface area contributed by atoms with Crippen LogP contribution in [0.1, 0.15) is 46.0 Å². The molecule has 1 heterocycles. The summed E-state index contributed by atoms with van der Waals surface area (Å²) in [6, 6.07) is 0.747. The number of ether oxygens (including phenoxy) is 1. The van der Waals surface area contributed by atoms with Crippen LogP contribution in [0.2, 0.25) is 0 Å². The van der Waals surface area contributed by atoms with Crippen molar-refractivity contribution in [1.82, 2.24) is 10.2 Å². The lowest BCUT2D eigenvalue weighted by Crippen LogP contribution is -2.46. The zero-order chi connectivity index (χ0) is 13.5. The molecule has 1 saturated heterocycles. The molecule has 2 rings (SSSR count). The van der Waals surface area contributed by atoms with E-state index in [4.69, 9.17) is 4.74 Å². The second-order valence-corrected chi connectivity index (χ2v) is 6.28. The highest BCUT2D eigenvalue weighted by atomic mass is 16.5. The molecular formula is C16H32N2O. The molecule has 0 spiro atoms. The molecule has 0 bridgehead atoms. The van der Waals surface area contributed by atoms with Crippen LogP contribution < -0.4 is 5.32 Å². The molecule has 1 N–H and O–H groups in total. The van der Waals surface area contributed by atoms with Crippen LogP contribution >= 0.6 is 0 Å². The minimum atomic E-state index is 0.747. The average Bonchev–Trinajstić information content (AvgIpc) is 2.69. The fourth-order valence-electron chi connectivity index (χ4n) is 3.78.